The maximum atomic E-state index is 2.73. The highest BCUT2D eigenvalue weighted by molar-refractivity contribution is 6.01. The Kier molecular flexibility index (Phi) is 4.52. The van der Waals surface area contributed by atoms with Gasteiger partial charge >= 0.3 is 0 Å². The predicted molar refractivity (Wildman–Crippen MR) is 138 cm³/mol. The summed E-state index contributed by atoms with van der Waals surface area (Å²) < 4.78 is 2.73. The van der Waals surface area contributed by atoms with Crippen LogP contribution in [0, 0.1) is 37.5 Å². The number of nitrogens with zero attached hydrogens (tertiary/aromatic N) is 1. The minimum atomic E-state index is 0.582. The lowest BCUT2D eigenvalue weighted by Crippen LogP contribution is -2.31. The molecule has 0 fully saturated rings. The average Bonchev–Trinajstić information content (AvgIpc) is 3.30. The molecule has 0 spiro atoms. The quantitative estimate of drug-likeness (QED) is 0.374. The Morgan fingerprint density at radius 3 is 2.50 bits per heavy atom. The summed E-state index contributed by atoms with van der Waals surface area (Å²) in [6.45, 7) is 14.3. The van der Waals surface area contributed by atoms with Crippen molar-refractivity contribution in [3.63, 3.8) is 0 Å². The van der Waals surface area contributed by atoms with Crippen molar-refractivity contribution in [3.8, 4) is 0 Å². The fourth-order valence-corrected chi connectivity index (χ4v) is 7.15. The fraction of sp³-hybridized carbons (Fsp3) is 0.484. The van der Waals surface area contributed by atoms with Gasteiger partial charge in [-0.1, -0.05) is 45.9 Å². The molecule has 1 aromatic carbocycles. The molecule has 2 heterocycles. The van der Waals surface area contributed by atoms with Crippen molar-refractivity contribution < 1.29 is 0 Å². The number of allylic oxidation sites excluding steroid dienone is 4. The first-order valence-electron chi connectivity index (χ1n) is 12.8. The molecule has 0 aliphatic heterocycles. The lowest BCUT2D eigenvalue weighted by Gasteiger charge is -2.39. The second-order valence-electron chi connectivity index (χ2n) is 11.4. The average molecular weight is 424 g/mol. The van der Waals surface area contributed by atoms with Gasteiger partial charge in [-0.05, 0) is 109 Å². The van der Waals surface area contributed by atoms with Crippen molar-refractivity contribution in [1.82, 2.24) is 4.40 Å². The molecule has 0 N–H and O–H groups in total. The van der Waals surface area contributed by atoms with Gasteiger partial charge in [0.05, 0.1) is 11.0 Å². The summed E-state index contributed by atoms with van der Waals surface area (Å²) in [7, 11) is 0. The Balaban J connectivity index is 1.74. The van der Waals surface area contributed by atoms with Crippen molar-refractivity contribution in [2.24, 2.45) is 23.7 Å². The van der Waals surface area contributed by atoms with Crippen molar-refractivity contribution in [1.29, 1.82) is 0 Å². The Morgan fingerprint density at radius 2 is 1.75 bits per heavy atom. The van der Waals surface area contributed by atoms with Crippen LogP contribution in [0.3, 0.4) is 0 Å². The molecule has 0 bridgehead atoms. The molecule has 3 aliphatic rings. The normalized spacial score (nSPS) is 24.4. The van der Waals surface area contributed by atoms with Crippen LogP contribution in [0.25, 0.3) is 22.0 Å². The fourth-order valence-electron chi connectivity index (χ4n) is 7.15. The summed E-state index contributed by atoms with van der Waals surface area (Å²) in [6.07, 6.45) is 12.2. The molecule has 0 saturated heterocycles. The van der Waals surface area contributed by atoms with E-state index in [-0.39, 0.29) is 0 Å². The molecule has 166 valence electrons. The molecule has 2 aromatic heterocycles. The lowest BCUT2D eigenvalue weighted by atomic mass is 9.66. The van der Waals surface area contributed by atoms with Gasteiger partial charge in [0.15, 0.2) is 0 Å². The largest absolute Gasteiger partial charge is 0.312 e. The van der Waals surface area contributed by atoms with E-state index < -0.39 is 0 Å². The highest BCUT2D eigenvalue weighted by Gasteiger charge is 2.39. The zero-order valence-electron chi connectivity index (χ0n) is 20.6. The van der Waals surface area contributed by atoms with Gasteiger partial charge in [0, 0.05) is 22.6 Å². The number of hydrogen-bond donors (Lipinski definition) is 0. The summed E-state index contributed by atoms with van der Waals surface area (Å²) in [5, 5.41) is 1.50. The van der Waals surface area contributed by atoms with Crippen molar-refractivity contribution in [2.45, 2.75) is 73.1 Å². The summed E-state index contributed by atoms with van der Waals surface area (Å²) in [6, 6.07) is 7.60. The number of aryl methyl sites for hydroxylation is 3. The lowest BCUT2D eigenvalue weighted by molar-refractivity contribution is 0.221. The second-order valence-corrected chi connectivity index (χ2v) is 11.4. The number of hydrogen-bond acceptors (Lipinski definition) is 0. The van der Waals surface area contributed by atoms with Crippen molar-refractivity contribution in [2.75, 3.05) is 0 Å². The smallest absolute Gasteiger partial charge is 0.0572 e. The van der Waals surface area contributed by atoms with Crippen LogP contribution in [0.2, 0.25) is 0 Å². The van der Waals surface area contributed by atoms with Gasteiger partial charge in [0.25, 0.3) is 0 Å². The Morgan fingerprint density at radius 1 is 0.969 bits per heavy atom. The van der Waals surface area contributed by atoms with Gasteiger partial charge in [-0.2, -0.15) is 0 Å². The first-order chi connectivity index (χ1) is 15.4. The van der Waals surface area contributed by atoms with Gasteiger partial charge in [-0.3, -0.25) is 0 Å². The molecule has 0 amide bonds. The van der Waals surface area contributed by atoms with E-state index in [4.69, 9.17) is 0 Å². The highest BCUT2D eigenvalue weighted by Crippen LogP contribution is 2.51. The van der Waals surface area contributed by atoms with E-state index >= 15 is 0 Å². The van der Waals surface area contributed by atoms with Gasteiger partial charge in [-0.15, -0.1) is 0 Å². The van der Waals surface area contributed by atoms with E-state index in [1.54, 1.807) is 28.0 Å². The molecule has 3 unspecified atom stereocenters. The maximum absolute atomic E-state index is 2.73. The van der Waals surface area contributed by atoms with Crippen LogP contribution in [0.1, 0.15) is 80.0 Å². The van der Waals surface area contributed by atoms with E-state index in [1.165, 1.54) is 46.8 Å². The van der Waals surface area contributed by atoms with E-state index in [0.717, 1.165) is 6.42 Å². The highest BCUT2D eigenvalue weighted by atomic mass is 14.9. The first-order valence-corrected chi connectivity index (χ1v) is 12.8. The number of rotatable bonds is 3. The van der Waals surface area contributed by atoms with E-state index in [1.807, 2.05) is 0 Å². The predicted octanol–water partition coefficient (Wildman–Crippen LogP) is 8.18. The number of benzene rings is 1. The molecule has 32 heavy (non-hydrogen) atoms. The topological polar surface area (TPSA) is 4.41 Å². The molecular formula is C31H37N. The van der Waals surface area contributed by atoms with Gasteiger partial charge in [0.1, 0.15) is 0 Å². The van der Waals surface area contributed by atoms with E-state index in [0.29, 0.717) is 29.6 Å². The number of pyridine rings is 1. The molecular weight excluding hydrogens is 386 g/mol. The summed E-state index contributed by atoms with van der Waals surface area (Å²) in [5.41, 5.74) is 13.8. The Labute approximate surface area is 193 Å². The zero-order valence-corrected chi connectivity index (χ0v) is 20.6. The van der Waals surface area contributed by atoms with E-state index in [9.17, 15) is 0 Å². The van der Waals surface area contributed by atoms with Crippen LogP contribution in [-0.2, 0) is 12.8 Å². The van der Waals surface area contributed by atoms with E-state index in [2.05, 4.69) is 82.4 Å². The molecule has 3 aromatic rings. The number of fused-ring (bicyclic) bond motifs is 3. The molecule has 3 atom stereocenters. The van der Waals surface area contributed by atoms with Crippen LogP contribution in [-0.4, -0.2) is 4.40 Å². The second kappa shape index (κ2) is 7.11. The Bertz CT molecular complexity index is 1310. The Hall–Kier alpha value is -2.28. The third-order valence-electron chi connectivity index (χ3n) is 8.92. The molecule has 1 heteroatoms. The minimum absolute atomic E-state index is 0.582. The standard InChI is InChI=1S/C31H37N/c1-17(2)23-10-8-11-24(18(3)4)30(23)28-16-22-15-21-9-7-12-25-26-13-19(5)20(6)14-27(26)32(28)31(22)29(21)25/h8-10,13-14,16-18,23-24,30H,7,11-12,15H2,1-6H3. The molecule has 1 nitrogen and oxygen atoms in total. The summed E-state index contributed by atoms with van der Waals surface area (Å²) in [4.78, 5) is 0. The van der Waals surface area contributed by atoms with Gasteiger partial charge in [0.2, 0.25) is 0 Å². The maximum Gasteiger partial charge on any atom is 0.0572 e. The molecule has 3 aliphatic carbocycles. The summed E-state index contributed by atoms with van der Waals surface area (Å²) in [5.74, 6) is 3.22. The molecule has 0 radical (unpaired) electrons. The molecule has 0 saturated carbocycles. The molecule has 6 rings (SSSR count). The SMILES string of the molecule is Cc1cc2c3c4c5c(cc(C6C(C(C)C)C=CCC6C(C)C)n5c2cc1C)CC4=CCC3. The monoisotopic (exact) mass is 423 g/mol. The van der Waals surface area contributed by atoms with Gasteiger partial charge < -0.3 is 4.40 Å². The number of aromatic nitrogens is 1. The summed E-state index contributed by atoms with van der Waals surface area (Å²) >= 11 is 0. The third kappa shape index (κ3) is 2.69. The van der Waals surface area contributed by atoms with Crippen LogP contribution in [0.15, 0.2) is 36.4 Å². The van der Waals surface area contributed by atoms with Crippen LogP contribution < -0.4 is 0 Å². The van der Waals surface area contributed by atoms with Crippen LogP contribution in [0.5, 0.6) is 0 Å². The van der Waals surface area contributed by atoms with Crippen molar-refractivity contribution >= 4 is 22.0 Å². The van der Waals surface area contributed by atoms with Crippen LogP contribution >= 0.6 is 0 Å². The van der Waals surface area contributed by atoms with Gasteiger partial charge in [-0.25, -0.2) is 0 Å². The third-order valence-corrected chi connectivity index (χ3v) is 8.92. The first kappa shape index (κ1) is 20.3. The minimum Gasteiger partial charge on any atom is -0.312 e. The van der Waals surface area contributed by atoms with Crippen LogP contribution in [0.4, 0.5) is 0 Å². The zero-order chi connectivity index (χ0) is 22.3. The van der Waals surface area contributed by atoms with Crippen molar-refractivity contribution in [3.05, 3.63) is 69.9 Å².